The van der Waals surface area contributed by atoms with Crippen molar-refractivity contribution in [2.75, 3.05) is 39.4 Å². The summed E-state index contributed by atoms with van der Waals surface area (Å²) in [7, 11) is 0. The Labute approximate surface area is 151 Å². The van der Waals surface area contributed by atoms with Crippen LogP contribution in [0.25, 0.3) is 0 Å². The summed E-state index contributed by atoms with van der Waals surface area (Å²) in [5, 5.41) is 16.6. The van der Waals surface area contributed by atoms with E-state index in [9.17, 15) is 9.90 Å². The highest BCUT2D eigenvalue weighted by molar-refractivity contribution is 5.81. The van der Waals surface area contributed by atoms with Crippen LogP contribution in [-0.2, 0) is 9.53 Å². The number of carbonyl (C=O) groups excluding carboxylic acids is 1. The van der Waals surface area contributed by atoms with E-state index in [1.807, 2.05) is 25.7 Å². The van der Waals surface area contributed by atoms with Gasteiger partial charge in [0.15, 0.2) is 5.96 Å². The van der Waals surface area contributed by atoms with Crippen LogP contribution >= 0.6 is 0 Å². The van der Waals surface area contributed by atoms with E-state index in [2.05, 4.69) is 15.6 Å². The number of carbonyl (C=O) groups is 1. The van der Waals surface area contributed by atoms with Crippen molar-refractivity contribution in [1.82, 2.24) is 15.5 Å². The van der Waals surface area contributed by atoms with E-state index in [0.29, 0.717) is 31.6 Å². The summed E-state index contributed by atoms with van der Waals surface area (Å²) in [6, 6.07) is 0.198. The zero-order valence-electron chi connectivity index (χ0n) is 15.8. The largest absolute Gasteiger partial charge is 0.389 e. The fraction of sp³-hybridized carbons (Fsp3) is 0.889. The van der Waals surface area contributed by atoms with Crippen molar-refractivity contribution in [3.05, 3.63) is 0 Å². The monoisotopic (exact) mass is 354 g/mol. The standard InChI is InChI=1S/C18H34N4O3/c1-4-19-18(20-9-16(23)12-25-11-14-5-6-14)21-15-7-8-22(10-15)17(24)13(2)3/h13-16,23H,4-12H2,1-3H3,(H2,19,20,21). The summed E-state index contributed by atoms with van der Waals surface area (Å²) in [5.74, 6) is 1.63. The summed E-state index contributed by atoms with van der Waals surface area (Å²) in [6.07, 6.45) is 2.83. The van der Waals surface area contributed by atoms with Crippen LogP contribution in [0.1, 0.15) is 40.0 Å². The Morgan fingerprint density at radius 3 is 2.76 bits per heavy atom. The lowest BCUT2D eigenvalue weighted by Gasteiger charge is -2.20. The number of amides is 1. The molecule has 0 aromatic rings. The van der Waals surface area contributed by atoms with Gasteiger partial charge in [0.1, 0.15) is 0 Å². The Bertz CT molecular complexity index is 452. The predicted molar refractivity (Wildman–Crippen MR) is 98.5 cm³/mol. The molecule has 1 amide bonds. The Morgan fingerprint density at radius 2 is 2.12 bits per heavy atom. The fourth-order valence-electron chi connectivity index (χ4n) is 2.86. The molecular weight excluding hydrogens is 320 g/mol. The van der Waals surface area contributed by atoms with Gasteiger partial charge in [-0.2, -0.15) is 0 Å². The number of likely N-dealkylation sites (tertiary alicyclic amines) is 1. The van der Waals surface area contributed by atoms with Gasteiger partial charge in [-0.15, -0.1) is 0 Å². The third kappa shape index (κ3) is 7.20. The number of hydrogen-bond donors (Lipinski definition) is 3. The van der Waals surface area contributed by atoms with Gasteiger partial charge >= 0.3 is 0 Å². The average Bonchev–Trinajstić information content (AvgIpc) is 3.28. The summed E-state index contributed by atoms with van der Waals surface area (Å²) in [6.45, 7) is 9.50. The van der Waals surface area contributed by atoms with Crippen molar-refractivity contribution in [1.29, 1.82) is 0 Å². The van der Waals surface area contributed by atoms with Gasteiger partial charge in [0.25, 0.3) is 0 Å². The first kappa shape index (κ1) is 20.0. The number of hydrogen-bond acceptors (Lipinski definition) is 4. The first-order valence-corrected chi connectivity index (χ1v) is 9.59. The SMILES string of the molecule is CCNC(=NCC(O)COCC1CC1)NC1CCN(C(=O)C(C)C)C1. The molecule has 2 fully saturated rings. The predicted octanol–water partition coefficient (Wildman–Crippen LogP) is 0.586. The van der Waals surface area contributed by atoms with Crippen LogP contribution in [0.3, 0.4) is 0 Å². The highest BCUT2D eigenvalue weighted by Gasteiger charge is 2.28. The second kappa shape index (κ2) is 9.97. The van der Waals surface area contributed by atoms with Crippen molar-refractivity contribution < 1.29 is 14.6 Å². The normalized spacial score (nSPS) is 22.4. The maximum atomic E-state index is 12.1. The van der Waals surface area contributed by atoms with Crippen molar-refractivity contribution in [2.24, 2.45) is 16.8 Å². The molecule has 0 aromatic heterocycles. The number of guanidine groups is 1. The molecular formula is C18H34N4O3. The van der Waals surface area contributed by atoms with Crippen molar-refractivity contribution >= 4 is 11.9 Å². The quantitative estimate of drug-likeness (QED) is 0.417. The van der Waals surface area contributed by atoms with Gasteiger partial charge in [-0.3, -0.25) is 9.79 Å². The van der Waals surface area contributed by atoms with Gasteiger partial charge in [0.05, 0.1) is 19.3 Å². The van der Waals surface area contributed by atoms with E-state index in [-0.39, 0.29) is 17.9 Å². The molecule has 1 aliphatic heterocycles. The lowest BCUT2D eigenvalue weighted by Crippen LogP contribution is -2.45. The second-order valence-corrected chi connectivity index (χ2v) is 7.42. The molecule has 7 nitrogen and oxygen atoms in total. The lowest BCUT2D eigenvalue weighted by molar-refractivity contribution is -0.133. The molecule has 0 aromatic carbocycles. The van der Waals surface area contributed by atoms with Crippen LogP contribution in [-0.4, -0.2) is 73.4 Å². The molecule has 1 aliphatic carbocycles. The number of nitrogens with zero attached hydrogens (tertiary/aromatic N) is 2. The van der Waals surface area contributed by atoms with Crippen molar-refractivity contribution in [2.45, 2.75) is 52.2 Å². The molecule has 1 saturated carbocycles. The molecule has 2 rings (SSSR count). The second-order valence-electron chi connectivity index (χ2n) is 7.42. The van der Waals surface area contributed by atoms with Crippen molar-refractivity contribution in [3.63, 3.8) is 0 Å². The number of aliphatic hydroxyl groups excluding tert-OH is 1. The molecule has 7 heteroatoms. The van der Waals surface area contributed by atoms with Gasteiger partial charge in [-0.1, -0.05) is 13.8 Å². The topological polar surface area (TPSA) is 86.2 Å². The summed E-state index contributed by atoms with van der Waals surface area (Å²) in [4.78, 5) is 18.4. The van der Waals surface area contributed by atoms with Gasteiger partial charge < -0.3 is 25.4 Å². The first-order chi connectivity index (χ1) is 12.0. The molecule has 25 heavy (non-hydrogen) atoms. The molecule has 2 unspecified atom stereocenters. The number of nitrogens with one attached hydrogen (secondary N) is 2. The average molecular weight is 354 g/mol. The molecule has 1 heterocycles. The fourth-order valence-corrected chi connectivity index (χ4v) is 2.86. The minimum absolute atomic E-state index is 0.0337. The Hall–Kier alpha value is -1.34. The first-order valence-electron chi connectivity index (χ1n) is 9.59. The van der Waals surface area contributed by atoms with E-state index in [1.165, 1.54) is 12.8 Å². The van der Waals surface area contributed by atoms with E-state index >= 15 is 0 Å². The molecule has 0 radical (unpaired) electrons. The van der Waals surface area contributed by atoms with Gasteiger partial charge in [-0.05, 0) is 32.1 Å². The van der Waals surface area contributed by atoms with Crippen LogP contribution in [0.15, 0.2) is 4.99 Å². The van der Waals surface area contributed by atoms with Crippen LogP contribution in [0.4, 0.5) is 0 Å². The van der Waals surface area contributed by atoms with E-state index in [1.54, 1.807) is 0 Å². The number of aliphatic hydroxyl groups is 1. The molecule has 0 bridgehead atoms. The Balaban J connectivity index is 1.74. The molecule has 144 valence electrons. The Kier molecular flexibility index (Phi) is 7.96. The van der Waals surface area contributed by atoms with E-state index < -0.39 is 6.10 Å². The maximum absolute atomic E-state index is 12.1. The van der Waals surface area contributed by atoms with Gasteiger partial charge in [0, 0.05) is 38.2 Å². The number of aliphatic imine (C=N–C) groups is 1. The maximum Gasteiger partial charge on any atom is 0.225 e. The zero-order chi connectivity index (χ0) is 18.2. The highest BCUT2D eigenvalue weighted by atomic mass is 16.5. The minimum Gasteiger partial charge on any atom is -0.389 e. The summed E-state index contributed by atoms with van der Waals surface area (Å²) in [5.41, 5.74) is 0. The molecule has 3 N–H and O–H groups in total. The van der Waals surface area contributed by atoms with Crippen LogP contribution in [0.5, 0.6) is 0 Å². The third-order valence-electron chi connectivity index (χ3n) is 4.50. The third-order valence-corrected chi connectivity index (χ3v) is 4.50. The van der Waals surface area contributed by atoms with Crippen molar-refractivity contribution in [3.8, 4) is 0 Å². The lowest BCUT2D eigenvalue weighted by atomic mass is 10.2. The number of rotatable bonds is 9. The smallest absolute Gasteiger partial charge is 0.225 e. The Morgan fingerprint density at radius 1 is 1.36 bits per heavy atom. The molecule has 2 aliphatic rings. The van der Waals surface area contributed by atoms with E-state index in [4.69, 9.17) is 4.74 Å². The van der Waals surface area contributed by atoms with E-state index in [0.717, 1.165) is 26.1 Å². The van der Waals surface area contributed by atoms with Gasteiger partial charge in [0.2, 0.25) is 5.91 Å². The van der Waals surface area contributed by atoms with Gasteiger partial charge in [-0.25, -0.2) is 0 Å². The highest BCUT2D eigenvalue weighted by Crippen LogP contribution is 2.28. The van der Waals surface area contributed by atoms with Crippen LogP contribution in [0.2, 0.25) is 0 Å². The molecule has 2 atom stereocenters. The van der Waals surface area contributed by atoms with Crippen LogP contribution in [0, 0.1) is 11.8 Å². The molecule has 0 spiro atoms. The summed E-state index contributed by atoms with van der Waals surface area (Å²) < 4.78 is 5.50. The zero-order valence-corrected chi connectivity index (χ0v) is 15.8. The molecule has 1 saturated heterocycles. The number of ether oxygens (including phenoxy) is 1. The minimum atomic E-state index is -0.586. The summed E-state index contributed by atoms with van der Waals surface area (Å²) >= 11 is 0. The van der Waals surface area contributed by atoms with Crippen LogP contribution < -0.4 is 10.6 Å².